The molecule has 0 saturated carbocycles. The van der Waals surface area contributed by atoms with Crippen molar-refractivity contribution >= 4 is 16.7 Å². The molecule has 0 aromatic heterocycles. The molecule has 0 N–H and O–H groups in total. The van der Waals surface area contributed by atoms with Crippen molar-refractivity contribution < 1.29 is 24.2 Å². The SMILES string of the molecule is C.COc1ccc2cc(CC(=O)OCC=CCO[N+](=O)[O-])ccc2c1. The van der Waals surface area contributed by atoms with E-state index in [1.807, 2.05) is 36.4 Å². The molecule has 134 valence electrons. The van der Waals surface area contributed by atoms with Crippen molar-refractivity contribution in [3.05, 3.63) is 64.2 Å². The summed E-state index contributed by atoms with van der Waals surface area (Å²) in [5, 5.41) is 11.1. The summed E-state index contributed by atoms with van der Waals surface area (Å²) in [6, 6.07) is 11.4. The molecule has 0 saturated heterocycles. The normalized spacial score (nSPS) is 10.3. The highest BCUT2D eigenvalue weighted by Gasteiger charge is 2.05. The van der Waals surface area contributed by atoms with Crippen LogP contribution in [0.5, 0.6) is 5.75 Å². The summed E-state index contributed by atoms with van der Waals surface area (Å²) >= 11 is 0. The first-order valence-corrected chi connectivity index (χ1v) is 7.23. The molecule has 0 amide bonds. The summed E-state index contributed by atoms with van der Waals surface area (Å²) in [6.45, 7) is -0.122. The van der Waals surface area contributed by atoms with E-state index in [2.05, 4.69) is 4.84 Å². The molecule has 7 nitrogen and oxygen atoms in total. The number of ether oxygens (including phenoxy) is 2. The fourth-order valence-electron chi connectivity index (χ4n) is 2.11. The maximum absolute atomic E-state index is 11.8. The van der Waals surface area contributed by atoms with Crippen LogP contribution < -0.4 is 4.74 Å². The summed E-state index contributed by atoms with van der Waals surface area (Å²) in [5.74, 6) is 0.408. The van der Waals surface area contributed by atoms with E-state index in [-0.39, 0.29) is 33.0 Å². The van der Waals surface area contributed by atoms with E-state index in [9.17, 15) is 14.9 Å². The molecular weight excluding hydrogens is 326 g/mol. The summed E-state index contributed by atoms with van der Waals surface area (Å²) in [7, 11) is 1.61. The Morgan fingerprint density at radius 2 is 1.80 bits per heavy atom. The van der Waals surface area contributed by atoms with Crippen LogP contribution in [0.15, 0.2) is 48.6 Å². The number of fused-ring (bicyclic) bond motifs is 1. The summed E-state index contributed by atoms with van der Waals surface area (Å²) < 4.78 is 10.2. The molecule has 0 heterocycles. The molecule has 0 aliphatic rings. The standard InChI is InChI=1S/C17H17NO6.CH4/c1-22-16-7-6-14-10-13(4-5-15(14)12-16)11-17(19)23-8-2-3-9-24-18(20)21;/h2-7,10,12H,8-9,11H2,1H3;1H4. The van der Waals surface area contributed by atoms with Crippen LogP contribution in [0.25, 0.3) is 10.8 Å². The minimum Gasteiger partial charge on any atom is -0.497 e. The topological polar surface area (TPSA) is 87.9 Å². The molecular formula is C18H21NO6. The molecule has 2 aromatic rings. The minimum atomic E-state index is -0.883. The Hall–Kier alpha value is -3.09. The van der Waals surface area contributed by atoms with Gasteiger partial charge in [0.05, 0.1) is 13.5 Å². The largest absolute Gasteiger partial charge is 0.497 e. The first kappa shape index (κ1) is 20.0. The molecule has 0 radical (unpaired) electrons. The number of nitrogens with zero attached hydrogens (tertiary/aromatic N) is 1. The molecule has 0 spiro atoms. The number of carbonyl (C=O) groups is 1. The molecule has 0 fully saturated rings. The molecule has 2 rings (SSSR count). The van der Waals surface area contributed by atoms with Gasteiger partial charge in [-0.15, -0.1) is 10.1 Å². The van der Waals surface area contributed by atoms with E-state index < -0.39 is 5.09 Å². The maximum Gasteiger partial charge on any atom is 0.310 e. The summed E-state index contributed by atoms with van der Waals surface area (Å²) in [5.41, 5.74) is 0.846. The summed E-state index contributed by atoms with van der Waals surface area (Å²) in [6.07, 6.45) is 3.06. The lowest BCUT2D eigenvalue weighted by atomic mass is 10.0. The van der Waals surface area contributed by atoms with Gasteiger partial charge in [0.25, 0.3) is 5.09 Å². The van der Waals surface area contributed by atoms with Crippen LogP contribution in [0.2, 0.25) is 0 Å². The predicted octanol–water partition coefficient (Wildman–Crippen LogP) is 3.33. The van der Waals surface area contributed by atoms with Gasteiger partial charge >= 0.3 is 5.97 Å². The zero-order valence-electron chi connectivity index (χ0n) is 13.1. The number of hydrogen-bond donors (Lipinski definition) is 0. The molecule has 0 atom stereocenters. The third-order valence-corrected chi connectivity index (χ3v) is 3.24. The van der Waals surface area contributed by atoms with Gasteiger partial charge in [-0.05, 0) is 34.5 Å². The Bertz CT molecular complexity index is 756. The van der Waals surface area contributed by atoms with Gasteiger partial charge in [0, 0.05) is 0 Å². The number of hydrogen-bond acceptors (Lipinski definition) is 6. The Morgan fingerprint density at radius 3 is 2.52 bits per heavy atom. The monoisotopic (exact) mass is 347 g/mol. The maximum atomic E-state index is 11.8. The van der Waals surface area contributed by atoms with E-state index in [1.165, 1.54) is 12.2 Å². The molecule has 7 heteroatoms. The van der Waals surface area contributed by atoms with Gasteiger partial charge in [0.15, 0.2) is 0 Å². The van der Waals surface area contributed by atoms with Gasteiger partial charge in [0.2, 0.25) is 0 Å². The Labute approximate surface area is 145 Å². The smallest absolute Gasteiger partial charge is 0.310 e. The molecule has 0 bridgehead atoms. The lowest BCUT2D eigenvalue weighted by Gasteiger charge is -2.06. The Balaban J connectivity index is 0.00000312. The van der Waals surface area contributed by atoms with Crippen molar-refractivity contribution in [2.45, 2.75) is 13.8 Å². The van der Waals surface area contributed by atoms with Gasteiger partial charge in [-0.1, -0.05) is 37.8 Å². The van der Waals surface area contributed by atoms with Crippen LogP contribution in [-0.4, -0.2) is 31.4 Å². The van der Waals surface area contributed by atoms with Crippen LogP contribution in [0, 0.1) is 10.1 Å². The lowest BCUT2D eigenvalue weighted by Crippen LogP contribution is -2.08. The molecule has 25 heavy (non-hydrogen) atoms. The third-order valence-electron chi connectivity index (χ3n) is 3.24. The number of esters is 1. The molecule has 0 aliphatic heterocycles. The van der Waals surface area contributed by atoms with E-state index >= 15 is 0 Å². The van der Waals surface area contributed by atoms with Gasteiger partial charge in [0.1, 0.15) is 19.0 Å². The highest BCUT2D eigenvalue weighted by atomic mass is 16.9. The van der Waals surface area contributed by atoms with Crippen molar-refractivity contribution in [1.29, 1.82) is 0 Å². The first-order chi connectivity index (χ1) is 11.6. The predicted molar refractivity (Wildman–Crippen MR) is 94.0 cm³/mol. The van der Waals surface area contributed by atoms with Crippen molar-refractivity contribution in [3.63, 3.8) is 0 Å². The van der Waals surface area contributed by atoms with Crippen LogP contribution in [0.4, 0.5) is 0 Å². The van der Waals surface area contributed by atoms with Crippen LogP contribution in [0.3, 0.4) is 0 Å². The summed E-state index contributed by atoms with van der Waals surface area (Å²) in [4.78, 5) is 25.8. The fourth-order valence-corrected chi connectivity index (χ4v) is 2.11. The highest BCUT2D eigenvalue weighted by Crippen LogP contribution is 2.22. The Morgan fingerprint density at radius 1 is 1.12 bits per heavy atom. The van der Waals surface area contributed by atoms with E-state index in [0.717, 1.165) is 22.1 Å². The van der Waals surface area contributed by atoms with Crippen LogP contribution in [-0.2, 0) is 20.8 Å². The van der Waals surface area contributed by atoms with Crippen molar-refractivity contribution in [2.75, 3.05) is 20.3 Å². The molecule has 0 unspecified atom stereocenters. The van der Waals surface area contributed by atoms with E-state index in [1.54, 1.807) is 7.11 Å². The highest BCUT2D eigenvalue weighted by molar-refractivity contribution is 5.85. The van der Waals surface area contributed by atoms with E-state index in [0.29, 0.717) is 0 Å². The minimum absolute atomic E-state index is 0. The molecule has 2 aromatic carbocycles. The van der Waals surface area contributed by atoms with Crippen molar-refractivity contribution in [3.8, 4) is 5.75 Å². The quantitative estimate of drug-likeness (QED) is 0.315. The van der Waals surface area contributed by atoms with Crippen LogP contribution in [0.1, 0.15) is 13.0 Å². The average Bonchev–Trinajstić information content (AvgIpc) is 2.57. The zero-order valence-corrected chi connectivity index (χ0v) is 13.1. The van der Waals surface area contributed by atoms with Crippen molar-refractivity contribution in [1.82, 2.24) is 0 Å². The van der Waals surface area contributed by atoms with Gasteiger partial charge < -0.3 is 14.3 Å². The fraction of sp³-hybridized carbons (Fsp3) is 0.278. The second kappa shape index (κ2) is 9.92. The van der Waals surface area contributed by atoms with Gasteiger partial charge in [-0.25, -0.2) is 0 Å². The van der Waals surface area contributed by atoms with E-state index in [4.69, 9.17) is 9.47 Å². The second-order valence-electron chi connectivity index (χ2n) is 4.90. The van der Waals surface area contributed by atoms with Gasteiger partial charge in [-0.3, -0.25) is 4.79 Å². The second-order valence-corrected chi connectivity index (χ2v) is 4.90. The van der Waals surface area contributed by atoms with Crippen LogP contribution >= 0.6 is 0 Å². The number of rotatable bonds is 8. The lowest BCUT2D eigenvalue weighted by molar-refractivity contribution is -0.755. The van der Waals surface area contributed by atoms with Gasteiger partial charge in [-0.2, -0.15) is 0 Å². The average molecular weight is 347 g/mol. The number of methoxy groups -OCH3 is 1. The Kier molecular flexibility index (Phi) is 7.92. The third kappa shape index (κ3) is 6.50. The zero-order chi connectivity index (χ0) is 17.4. The number of benzene rings is 2. The number of carbonyl (C=O) groups excluding carboxylic acids is 1. The van der Waals surface area contributed by atoms with Crippen molar-refractivity contribution in [2.24, 2.45) is 0 Å². The first-order valence-electron chi connectivity index (χ1n) is 7.23. The molecule has 0 aliphatic carbocycles.